The van der Waals surface area contributed by atoms with Gasteiger partial charge in [0.15, 0.2) is 0 Å². The van der Waals surface area contributed by atoms with E-state index in [1.807, 2.05) is 6.07 Å². The summed E-state index contributed by atoms with van der Waals surface area (Å²) in [6, 6.07) is 10.1. The van der Waals surface area contributed by atoms with E-state index in [1.165, 1.54) is 17.4 Å². The molecule has 0 saturated heterocycles. The lowest BCUT2D eigenvalue weighted by Crippen LogP contribution is -2.27. The molecule has 0 N–H and O–H groups in total. The van der Waals surface area contributed by atoms with E-state index in [0.29, 0.717) is 11.3 Å². The van der Waals surface area contributed by atoms with Gasteiger partial charge in [0, 0.05) is 19.1 Å². The number of hydrogen-bond donors (Lipinski definition) is 0. The number of aromatic nitrogens is 1. The highest BCUT2D eigenvalue weighted by Crippen LogP contribution is 2.26. The number of benzene rings is 1. The molecule has 0 aliphatic heterocycles. The number of nitrogens with zero attached hydrogens (tertiary/aromatic N) is 2. The Morgan fingerprint density at radius 3 is 2.62 bits per heavy atom. The number of alkyl halides is 1. The molecule has 21 heavy (non-hydrogen) atoms. The van der Waals surface area contributed by atoms with Crippen LogP contribution in [0.25, 0.3) is 0 Å². The van der Waals surface area contributed by atoms with Gasteiger partial charge in [-0.3, -0.25) is 4.98 Å². The molecule has 0 aliphatic rings. The van der Waals surface area contributed by atoms with Crippen molar-refractivity contribution >= 4 is 33.2 Å². The zero-order valence-corrected chi connectivity index (χ0v) is 13.7. The van der Waals surface area contributed by atoms with Crippen molar-refractivity contribution in [3.8, 4) is 0 Å². The normalized spacial score (nSPS) is 11.8. The van der Waals surface area contributed by atoms with Crippen LogP contribution in [-0.4, -0.2) is 24.8 Å². The predicted molar refractivity (Wildman–Crippen MR) is 83.9 cm³/mol. The minimum absolute atomic E-state index is 0.0562. The van der Waals surface area contributed by atoms with Crippen LogP contribution in [0.4, 0.5) is 0 Å². The number of hydrogen-bond acceptors (Lipinski definition) is 3. The molecule has 0 radical (unpaired) electrons. The van der Waals surface area contributed by atoms with Crippen LogP contribution < -0.4 is 0 Å². The van der Waals surface area contributed by atoms with Crippen LogP contribution in [0, 0.1) is 0 Å². The predicted octanol–water partition coefficient (Wildman–Crippen LogP) is 3.29. The van der Waals surface area contributed by atoms with Gasteiger partial charge in [0.2, 0.25) is 10.0 Å². The lowest BCUT2D eigenvalue weighted by atomic mass is 10.2. The number of rotatable bonds is 5. The van der Waals surface area contributed by atoms with Gasteiger partial charge in [-0.15, -0.1) is 11.6 Å². The van der Waals surface area contributed by atoms with Crippen LogP contribution in [0.15, 0.2) is 47.5 Å². The Morgan fingerprint density at radius 1 is 1.24 bits per heavy atom. The van der Waals surface area contributed by atoms with Gasteiger partial charge in [-0.05, 0) is 29.8 Å². The first-order valence-corrected chi connectivity index (χ1v) is 8.51. The maximum absolute atomic E-state index is 12.6. The summed E-state index contributed by atoms with van der Waals surface area (Å²) >= 11 is 11.8. The standard InChI is InChI=1S/C14H14Cl2N2O2S/c1-18(10-12-4-2-3-7-17-12)21(19,20)14-8-11(9-15)5-6-13(14)16/h2-8H,9-10H2,1H3. The highest BCUT2D eigenvalue weighted by molar-refractivity contribution is 7.89. The average Bonchev–Trinajstić information content (AvgIpc) is 2.48. The molecule has 0 unspecified atom stereocenters. The third-order valence-corrected chi connectivity index (χ3v) is 5.54. The van der Waals surface area contributed by atoms with E-state index in [9.17, 15) is 8.42 Å². The molecule has 2 aromatic rings. The SMILES string of the molecule is CN(Cc1ccccn1)S(=O)(=O)c1cc(CCl)ccc1Cl. The monoisotopic (exact) mass is 344 g/mol. The van der Waals surface area contributed by atoms with Crippen molar-refractivity contribution in [1.82, 2.24) is 9.29 Å². The van der Waals surface area contributed by atoms with Crippen molar-refractivity contribution in [3.63, 3.8) is 0 Å². The Kier molecular flexibility index (Phi) is 5.22. The molecule has 2 rings (SSSR count). The summed E-state index contributed by atoms with van der Waals surface area (Å²) in [5.41, 5.74) is 1.36. The third kappa shape index (κ3) is 3.74. The molecule has 1 aromatic carbocycles. The molecule has 0 spiro atoms. The molecule has 1 aromatic heterocycles. The summed E-state index contributed by atoms with van der Waals surface area (Å²) in [7, 11) is -2.20. The zero-order chi connectivity index (χ0) is 15.5. The largest absolute Gasteiger partial charge is 0.260 e. The molecule has 4 nitrogen and oxygen atoms in total. The summed E-state index contributed by atoms with van der Waals surface area (Å²) in [5.74, 6) is 0.226. The van der Waals surface area contributed by atoms with E-state index in [4.69, 9.17) is 23.2 Å². The second-order valence-corrected chi connectivity index (χ2v) is 7.17. The van der Waals surface area contributed by atoms with Crippen LogP contribution in [0.1, 0.15) is 11.3 Å². The van der Waals surface area contributed by atoms with E-state index in [1.54, 1.807) is 30.5 Å². The average molecular weight is 345 g/mol. The molecule has 0 atom stereocenters. The minimum Gasteiger partial charge on any atom is -0.260 e. The van der Waals surface area contributed by atoms with Crippen molar-refractivity contribution in [3.05, 3.63) is 58.9 Å². The fraction of sp³-hybridized carbons (Fsp3) is 0.214. The molecule has 0 fully saturated rings. The van der Waals surface area contributed by atoms with Crippen molar-refractivity contribution in [1.29, 1.82) is 0 Å². The summed E-state index contributed by atoms with van der Waals surface area (Å²) in [6.07, 6.45) is 1.62. The van der Waals surface area contributed by atoms with Gasteiger partial charge in [-0.25, -0.2) is 8.42 Å². The van der Waals surface area contributed by atoms with Gasteiger partial charge in [-0.2, -0.15) is 4.31 Å². The Balaban J connectivity index is 2.33. The highest BCUT2D eigenvalue weighted by Gasteiger charge is 2.24. The highest BCUT2D eigenvalue weighted by atomic mass is 35.5. The van der Waals surface area contributed by atoms with Crippen LogP contribution in [-0.2, 0) is 22.4 Å². The molecule has 1 heterocycles. The van der Waals surface area contributed by atoms with Crippen LogP contribution in [0.5, 0.6) is 0 Å². The molecule has 112 valence electrons. The van der Waals surface area contributed by atoms with Gasteiger partial charge in [0.05, 0.1) is 17.3 Å². The van der Waals surface area contributed by atoms with Gasteiger partial charge in [0.25, 0.3) is 0 Å². The second kappa shape index (κ2) is 6.75. The van der Waals surface area contributed by atoms with Crippen molar-refractivity contribution in [2.24, 2.45) is 0 Å². The Hall–Kier alpha value is -1.14. The van der Waals surface area contributed by atoms with Gasteiger partial charge >= 0.3 is 0 Å². The first-order valence-electron chi connectivity index (χ1n) is 6.16. The fourth-order valence-corrected chi connectivity index (χ4v) is 3.63. The number of sulfonamides is 1. The summed E-state index contributed by atoms with van der Waals surface area (Å²) in [6.45, 7) is 0.171. The lowest BCUT2D eigenvalue weighted by Gasteiger charge is -2.18. The molecule has 0 saturated carbocycles. The topological polar surface area (TPSA) is 50.3 Å². The van der Waals surface area contributed by atoms with E-state index >= 15 is 0 Å². The van der Waals surface area contributed by atoms with E-state index < -0.39 is 10.0 Å². The third-order valence-electron chi connectivity index (χ3n) is 2.95. The Bertz CT molecular complexity index is 721. The van der Waals surface area contributed by atoms with Crippen molar-refractivity contribution < 1.29 is 8.42 Å². The molecular weight excluding hydrogens is 331 g/mol. The van der Waals surface area contributed by atoms with Crippen molar-refractivity contribution in [2.45, 2.75) is 17.3 Å². The maximum atomic E-state index is 12.6. The maximum Gasteiger partial charge on any atom is 0.244 e. The molecular formula is C14H14Cl2N2O2S. The van der Waals surface area contributed by atoms with Crippen molar-refractivity contribution in [2.75, 3.05) is 7.05 Å². The Labute approximate surface area is 134 Å². The molecule has 7 heteroatoms. The fourth-order valence-electron chi connectivity index (χ4n) is 1.80. The Morgan fingerprint density at radius 2 is 2.00 bits per heavy atom. The second-order valence-electron chi connectivity index (χ2n) is 4.48. The van der Waals surface area contributed by atoms with E-state index in [0.717, 1.165) is 0 Å². The lowest BCUT2D eigenvalue weighted by molar-refractivity contribution is 0.462. The first kappa shape index (κ1) is 16.2. The smallest absolute Gasteiger partial charge is 0.244 e. The minimum atomic E-state index is -3.70. The van der Waals surface area contributed by atoms with Crippen LogP contribution in [0.2, 0.25) is 5.02 Å². The molecule has 0 bridgehead atoms. The quantitative estimate of drug-likeness (QED) is 0.782. The molecule has 0 amide bonds. The first-order chi connectivity index (χ1) is 9.95. The summed E-state index contributed by atoms with van der Waals surface area (Å²) in [5, 5.41) is 0.178. The molecule has 0 aliphatic carbocycles. The van der Waals surface area contributed by atoms with E-state index in [2.05, 4.69) is 4.98 Å². The number of pyridine rings is 1. The van der Waals surface area contributed by atoms with Crippen LogP contribution >= 0.6 is 23.2 Å². The van der Waals surface area contributed by atoms with E-state index in [-0.39, 0.29) is 22.3 Å². The van der Waals surface area contributed by atoms with Gasteiger partial charge in [0.1, 0.15) is 4.90 Å². The van der Waals surface area contributed by atoms with Gasteiger partial charge in [-0.1, -0.05) is 23.7 Å². The van der Waals surface area contributed by atoms with Gasteiger partial charge < -0.3 is 0 Å². The number of halogens is 2. The summed E-state index contributed by atoms with van der Waals surface area (Å²) < 4.78 is 26.4. The zero-order valence-electron chi connectivity index (χ0n) is 11.3. The summed E-state index contributed by atoms with van der Waals surface area (Å²) in [4.78, 5) is 4.18. The van der Waals surface area contributed by atoms with Crippen LogP contribution in [0.3, 0.4) is 0 Å².